The van der Waals surface area contributed by atoms with Crippen molar-refractivity contribution in [2.24, 2.45) is 0 Å². The van der Waals surface area contributed by atoms with Crippen molar-refractivity contribution in [3.05, 3.63) is 64.5 Å². The summed E-state index contributed by atoms with van der Waals surface area (Å²) in [5.41, 5.74) is 2.65. The molecular formula is C19H12IN7. The first-order valence-electron chi connectivity index (χ1n) is 8.23. The number of tetrazole rings is 1. The largest absolute Gasteiger partial charge is 0.339 e. The van der Waals surface area contributed by atoms with Crippen LogP contribution in [0.1, 0.15) is 0 Å². The molecule has 0 atom stereocenters. The van der Waals surface area contributed by atoms with Crippen molar-refractivity contribution in [1.82, 2.24) is 30.6 Å². The molecule has 27 heavy (non-hydrogen) atoms. The first kappa shape index (κ1) is 16.1. The van der Waals surface area contributed by atoms with E-state index in [9.17, 15) is 0 Å². The molecule has 2 aromatic carbocycles. The fourth-order valence-corrected chi connectivity index (χ4v) is 3.64. The van der Waals surface area contributed by atoms with Gasteiger partial charge >= 0.3 is 0 Å². The number of aromatic amines is 1. The van der Waals surface area contributed by atoms with Gasteiger partial charge in [0.05, 0.1) is 11.2 Å². The number of H-pyrrole nitrogens is 1. The number of hydrogen-bond acceptors (Lipinski definition) is 6. The first-order valence-corrected chi connectivity index (χ1v) is 9.31. The minimum Gasteiger partial charge on any atom is -0.339 e. The Labute approximate surface area is 167 Å². The molecule has 130 valence electrons. The zero-order chi connectivity index (χ0) is 18.2. The lowest BCUT2D eigenvalue weighted by atomic mass is 10.0. The van der Waals surface area contributed by atoms with Crippen LogP contribution < -0.4 is 5.32 Å². The Bertz CT molecular complexity index is 1270. The number of para-hydroxylation sites is 2. The summed E-state index contributed by atoms with van der Waals surface area (Å²) < 4.78 is 1.12. The third kappa shape index (κ3) is 2.78. The number of pyridine rings is 2. The lowest BCUT2D eigenvalue weighted by Gasteiger charge is -2.13. The molecule has 0 bridgehead atoms. The maximum atomic E-state index is 4.94. The number of hydrogen-bond donors (Lipinski definition) is 2. The molecule has 0 fully saturated rings. The molecule has 0 amide bonds. The number of fused-ring (bicyclic) bond motifs is 3. The number of benzene rings is 2. The number of rotatable bonds is 3. The molecule has 5 rings (SSSR count). The summed E-state index contributed by atoms with van der Waals surface area (Å²) in [6, 6.07) is 16.0. The molecule has 3 heterocycles. The van der Waals surface area contributed by atoms with Crippen molar-refractivity contribution < 1.29 is 0 Å². The van der Waals surface area contributed by atoms with Crippen LogP contribution in [0.2, 0.25) is 0 Å². The predicted molar refractivity (Wildman–Crippen MR) is 113 cm³/mol. The summed E-state index contributed by atoms with van der Waals surface area (Å²) in [4.78, 5) is 9.25. The second-order valence-electron chi connectivity index (χ2n) is 5.94. The van der Waals surface area contributed by atoms with Gasteiger partial charge in [0.2, 0.25) is 0 Å². The standard InChI is InChI=1S/C19H12IN7/c20-15-6-1-2-7-16(15)22-18-12-8-9-21-10-14(12)11-4-3-5-13(17(11)23-18)19-24-26-27-25-19/h1-10H,(H,22,23)(H,24,25,26,27). The zero-order valence-electron chi connectivity index (χ0n) is 13.9. The lowest BCUT2D eigenvalue weighted by Crippen LogP contribution is -1.99. The van der Waals surface area contributed by atoms with Gasteiger partial charge in [0.1, 0.15) is 5.82 Å². The van der Waals surface area contributed by atoms with E-state index in [1.54, 1.807) is 6.20 Å². The number of halogens is 1. The summed E-state index contributed by atoms with van der Waals surface area (Å²) in [5.74, 6) is 1.35. The van der Waals surface area contributed by atoms with Gasteiger partial charge < -0.3 is 5.32 Å². The van der Waals surface area contributed by atoms with Crippen molar-refractivity contribution in [3.8, 4) is 11.4 Å². The molecule has 0 spiro atoms. The van der Waals surface area contributed by atoms with Gasteiger partial charge in [0, 0.05) is 37.7 Å². The molecule has 0 aliphatic carbocycles. The molecule has 0 aliphatic heterocycles. The third-order valence-corrected chi connectivity index (χ3v) is 5.29. The van der Waals surface area contributed by atoms with Gasteiger partial charge in [0.25, 0.3) is 0 Å². The van der Waals surface area contributed by atoms with Crippen molar-refractivity contribution in [2.45, 2.75) is 0 Å². The quantitative estimate of drug-likeness (QED) is 0.305. The molecule has 7 nitrogen and oxygen atoms in total. The Morgan fingerprint density at radius 3 is 2.70 bits per heavy atom. The maximum Gasteiger partial charge on any atom is 0.181 e. The van der Waals surface area contributed by atoms with Crippen molar-refractivity contribution >= 4 is 55.8 Å². The van der Waals surface area contributed by atoms with Crippen molar-refractivity contribution in [3.63, 3.8) is 0 Å². The molecule has 2 N–H and O–H groups in total. The highest BCUT2D eigenvalue weighted by atomic mass is 127. The average Bonchev–Trinajstić information content (AvgIpc) is 3.24. The van der Waals surface area contributed by atoms with Crippen LogP contribution in [0.5, 0.6) is 0 Å². The fourth-order valence-electron chi connectivity index (χ4n) is 3.12. The van der Waals surface area contributed by atoms with Crippen LogP contribution in [-0.2, 0) is 0 Å². The molecule has 8 heteroatoms. The topological polar surface area (TPSA) is 92.3 Å². The second kappa shape index (κ2) is 6.54. The van der Waals surface area contributed by atoms with E-state index in [0.717, 1.165) is 42.3 Å². The van der Waals surface area contributed by atoms with Crippen LogP contribution in [0.15, 0.2) is 60.9 Å². The summed E-state index contributed by atoms with van der Waals surface area (Å²) in [5, 5.41) is 20.8. The molecule has 5 aromatic rings. The number of anilines is 2. The highest BCUT2D eigenvalue weighted by molar-refractivity contribution is 14.1. The summed E-state index contributed by atoms with van der Waals surface area (Å²) in [7, 11) is 0. The van der Waals surface area contributed by atoms with Crippen LogP contribution >= 0.6 is 22.6 Å². The molecule has 0 saturated heterocycles. The number of nitrogens with zero attached hydrogens (tertiary/aromatic N) is 5. The molecule has 0 radical (unpaired) electrons. The van der Waals surface area contributed by atoms with Gasteiger partial charge in [-0.25, -0.2) is 10.1 Å². The van der Waals surface area contributed by atoms with E-state index in [-0.39, 0.29) is 0 Å². The van der Waals surface area contributed by atoms with E-state index < -0.39 is 0 Å². The van der Waals surface area contributed by atoms with E-state index in [1.165, 1.54) is 0 Å². The van der Waals surface area contributed by atoms with E-state index in [1.807, 2.05) is 48.7 Å². The minimum atomic E-state index is 0.580. The van der Waals surface area contributed by atoms with Crippen LogP contribution in [-0.4, -0.2) is 30.6 Å². The number of nitrogens with one attached hydrogen (secondary N) is 2. The highest BCUT2D eigenvalue weighted by Gasteiger charge is 2.14. The minimum absolute atomic E-state index is 0.580. The Balaban J connectivity index is 1.81. The van der Waals surface area contributed by atoms with Crippen LogP contribution in [0.4, 0.5) is 11.5 Å². The second-order valence-corrected chi connectivity index (χ2v) is 7.10. The SMILES string of the molecule is Ic1ccccc1Nc1nc2c(-c3nnn[nH]3)cccc2c2cnccc12. The van der Waals surface area contributed by atoms with E-state index in [4.69, 9.17) is 4.98 Å². The van der Waals surface area contributed by atoms with Gasteiger partial charge in [0.15, 0.2) is 5.82 Å². The Kier molecular flexibility index (Phi) is 3.89. The van der Waals surface area contributed by atoms with Gasteiger partial charge in [-0.1, -0.05) is 24.3 Å². The molecule has 0 saturated carbocycles. The third-order valence-electron chi connectivity index (χ3n) is 4.35. The Morgan fingerprint density at radius 2 is 1.85 bits per heavy atom. The molecule has 0 unspecified atom stereocenters. The molecular weight excluding hydrogens is 453 g/mol. The maximum absolute atomic E-state index is 4.94. The molecule has 0 aliphatic rings. The van der Waals surface area contributed by atoms with Crippen LogP contribution in [0.25, 0.3) is 33.1 Å². The van der Waals surface area contributed by atoms with Crippen LogP contribution in [0.3, 0.4) is 0 Å². The van der Waals surface area contributed by atoms with Gasteiger partial charge in [-0.3, -0.25) is 4.98 Å². The van der Waals surface area contributed by atoms with Crippen LogP contribution in [0, 0.1) is 3.57 Å². The number of aromatic nitrogens is 6. The first-order chi connectivity index (χ1) is 13.3. The zero-order valence-corrected chi connectivity index (χ0v) is 16.0. The van der Waals surface area contributed by atoms with Gasteiger partial charge in [-0.2, -0.15) is 0 Å². The van der Waals surface area contributed by atoms with E-state index in [2.05, 4.69) is 59.6 Å². The lowest BCUT2D eigenvalue weighted by molar-refractivity contribution is 0.881. The van der Waals surface area contributed by atoms with Crippen molar-refractivity contribution in [1.29, 1.82) is 0 Å². The normalized spacial score (nSPS) is 11.1. The highest BCUT2D eigenvalue weighted by Crippen LogP contribution is 2.34. The van der Waals surface area contributed by atoms with Crippen molar-refractivity contribution in [2.75, 3.05) is 5.32 Å². The fraction of sp³-hybridized carbons (Fsp3) is 0. The van der Waals surface area contributed by atoms with E-state index >= 15 is 0 Å². The smallest absolute Gasteiger partial charge is 0.181 e. The predicted octanol–water partition coefficient (Wildman–Crippen LogP) is 4.31. The summed E-state index contributed by atoms with van der Waals surface area (Å²) in [6.45, 7) is 0. The average molecular weight is 465 g/mol. The summed E-state index contributed by atoms with van der Waals surface area (Å²) in [6.07, 6.45) is 3.64. The molecule has 3 aromatic heterocycles. The summed E-state index contributed by atoms with van der Waals surface area (Å²) >= 11 is 2.31. The Hall–Kier alpha value is -3.14. The van der Waals surface area contributed by atoms with Gasteiger partial charge in [-0.15, -0.1) is 5.10 Å². The van der Waals surface area contributed by atoms with Gasteiger partial charge in [-0.05, 0) is 57.3 Å². The Morgan fingerprint density at radius 1 is 0.926 bits per heavy atom. The van der Waals surface area contributed by atoms with E-state index in [0.29, 0.717) is 5.82 Å². The monoisotopic (exact) mass is 465 g/mol.